The van der Waals surface area contributed by atoms with Crippen LogP contribution in [0.5, 0.6) is 11.5 Å². The van der Waals surface area contributed by atoms with Gasteiger partial charge in [0, 0.05) is 17.2 Å². The molecular formula is C18H17N5O5. The van der Waals surface area contributed by atoms with E-state index >= 15 is 0 Å². The number of nitrogens with two attached hydrogens (primary N) is 1. The summed E-state index contributed by atoms with van der Waals surface area (Å²) in [6.07, 6.45) is 0. The molecule has 0 aliphatic rings. The maximum absolute atomic E-state index is 11.5. The predicted molar refractivity (Wildman–Crippen MR) is 99.1 cm³/mol. The van der Waals surface area contributed by atoms with Gasteiger partial charge in [-0.2, -0.15) is 15.4 Å². The summed E-state index contributed by atoms with van der Waals surface area (Å²) in [5, 5.41) is 21.3. The molecule has 0 spiro atoms. The van der Waals surface area contributed by atoms with Crippen LogP contribution in [0.3, 0.4) is 0 Å². The molecule has 1 aromatic heterocycles. The van der Waals surface area contributed by atoms with E-state index in [1.165, 1.54) is 13.2 Å². The lowest BCUT2D eigenvalue weighted by atomic mass is 10.1. The first-order valence-corrected chi connectivity index (χ1v) is 8.16. The molecule has 1 amide bonds. The average Bonchev–Trinajstić information content (AvgIpc) is 3.16. The molecule has 28 heavy (non-hydrogen) atoms. The van der Waals surface area contributed by atoms with Crippen LogP contribution in [0.1, 0.15) is 21.6 Å². The quantitative estimate of drug-likeness (QED) is 0.470. The summed E-state index contributed by atoms with van der Waals surface area (Å²) in [6, 6.07) is 9.71. The van der Waals surface area contributed by atoms with Gasteiger partial charge >= 0.3 is 5.69 Å². The van der Waals surface area contributed by atoms with Crippen LogP contribution in [-0.4, -0.2) is 33.4 Å². The van der Waals surface area contributed by atoms with E-state index in [0.29, 0.717) is 16.9 Å². The van der Waals surface area contributed by atoms with Gasteiger partial charge < -0.3 is 15.2 Å². The zero-order valence-electron chi connectivity index (χ0n) is 15.1. The summed E-state index contributed by atoms with van der Waals surface area (Å²) < 4.78 is 11.0. The second-order valence-corrected chi connectivity index (χ2v) is 5.93. The molecule has 0 saturated heterocycles. The van der Waals surface area contributed by atoms with Crippen LogP contribution in [0.25, 0.3) is 11.3 Å². The number of hydrogen-bond acceptors (Lipinski definition) is 7. The van der Waals surface area contributed by atoms with Crippen LogP contribution in [0.15, 0.2) is 36.4 Å². The Bertz CT molecular complexity index is 1050. The van der Waals surface area contributed by atoms with E-state index < -0.39 is 10.8 Å². The maximum Gasteiger partial charge on any atom is 0.310 e. The number of benzene rings is 2. The highest BCUT2D eigenvalue weighted by Crippen LogP contribution is 2.31. The molecule has 0 saturated carbocycles. The SMILES string of the molecule is COc1ccc(-c2n[nH]nc2C(N)=O)cc1COc1cc(C)ccc1[N+](=O)[O-]. The van der Waals surface area contributed by atoms with E-state index in [4.69, 9.17) is 15.2 Å². The van der Waals surface area contributed by atoms with Gasteiger partial charge in [-0.15, -0.1) is 0 Å². The molecule has 1 heterocycles. The lowest BCUT2D eigenvalue weighted by Gasteiger charge is -2.12. The molecule has 0 aliphatic heterocycles. The molecule has 0 unspecified atom stereocenters. The molecular weight excluding hydrogens is 366 g/mol. The first-order valence-electron chi connectivity index (χ1n) is 8.16. The molecule has 0 radical (unpaired) electrons. The molecule has 0 bridgehead atoms. The minimum absolute atomic E-state index is 0.00502. The molecule has 10 heteroatoms. The minimum atomic E-state index is -0.715. The van der Waals surface area contributed by atoms with Crippen molar-refractivity contribution in [3.05, 3.63) is 63.3 Å². The zero-order valence-corrected chi connectivity index (χ0v) is 15.1. The zero-order chi connectivity index (χ0) is 20.3. The van der Waals surface area contributed by atoms with Crippen molar-refractivity contribution >= 4 is 11.6 Å². The molecule has 3 rings (SSSR count). The van der Waals surface area contributed by atoms with Crippen molar-refractivity contribution < 1.29 is 19.2 Å². The fourth-order valence-corrected chi connectivity index (χ4v) is 2.69. The van der Waals surface area contributed by atoms with Gasteiger partial charge in [0.15, 0.2) is 11.4 Å². The molecule has 3 N–H and O–H groups in total. The highest BCUT2D eigenvalue weighted by molar-refractivity contribution is 5.96. The summed E-state index contributed by atoms with van der Waals surface area (Å²) in [6.45, 7) is 1.82. The normalized spacial score (nSPS) is 10.5. The molecule has 144 valence electrons. The van der Waals surface area contributed by atoms with E-state index in [1.54, 1.807) is 30.3 Å². The molecule has 10 nitrogen and oxygen atoms in total. The maximum atomic E-state index is 11.5. The Morgan fingerprint density at radius 1 is 1.21 bits per heavy atom. The van der Waals surface area contributed by atoms with Crippen molar-refractivity contribution in [1.29, 1.82) is 0 Å². The Morgan fingerprint density at radius 2 is 2.00 bits per heavy atom. The molecule has 0 fully saturated rings. The first-order chi connectivity index (χ1) is 13.4. The van der Waals surface area contributed by atoms with Crippen molar-refractivity contribution in [3.8, 4) is 22.8 Å². The lowest BCUT2D eigenvalue weighted by Crippen LogP contribution is -2.12. The van der Waals surface area contributed by atoms with Gasteiger partial charge in [0.2, 0.25) is 0 Å². The number of carbonyl (C=O) groups is 1. The number of carbonyl (C=O) groups excluding carboxylic acids is 1. The molecule has 2 aromatic carbocycles. The minimum Gasteiger partial charge on any atom is -0.496 e. The summed E-state index contributed by atoms with van der Waals surface area (Å²) in [5.74, 6) is -0.0485. The van der Waals surface area contributed by atoms with Gasteiger partial charge in [0.25, 0.3) is 5.91 Å². The van der Waals surface area contributed by atoms with E-state index in [9.17, 15) is 14.9 Å². The van der Waals surface area contributed by atoms with E-state index in [1.807, 2.05) is 6.92 Å². The van der Waals surface area contributed by atoms with Gasteiger partial charge in [0.05, 0.1) is 12.0 Å². The Balaban J connectivity index is 1.94. The Morgan fingerprint density at radius 3 is 2.68 bits per heavy atom. The van der Waals surface area contributed by atoms with Gasteiger partial charge in [-0.3, -0.25) is 14.9 Å². The van der Waals surface area contributed by atoms with Gasteiger partial charge in [0.1, 0.15) is 18.1 Å². The second kappa shape index (κ2) is 7.74. The first kappa shape index (κ1) is 18.8. The largest absolute Gasteiger partial charge is 0.496 e. The number of hydrogen-bond donors (Lipinski definition) is 2. The van der Waals surface area contributed by atoms with Gasteiger partial charge in [-0.1, -0.05) is 6.07 Å². The summed E-state index contributed by atoms with van der Waals surface area (Å²) in [5.41, 5.74) is 7.48. The molecule has 3 aromatic rings. The Hall–Kier alpha value is -3.95. The molecule has 0 atom stereocenters. The van der Waals surface area contributed by atoms with E-state index in [0.717, 1.165) is 5.56 Å². The fraction of sp³-hybridized carbons (Fsp3) is 0.167. The Labute approximate surface area is 159 Å². The number of nitrogens with zero attached hydrogens (tertiary/aromatic N) is 3. The smallest absolute Gasteiger partial charge is 0.310 e. The van der Waals surface area contributed by atoms with Crippen LogP contribution >= 0.6 is 0 Å². The van der Waals surface area contributed by atoms with Gasteiger partial charge in [-0.25, -0.2) is 0 Å². The van der Waals surface area contributed by atoms with Crippen LogP contribution in [0, 0.1) is 17.0 Å². The van der Waals surface area contributed by atoms with Crippen molar-refractivity contribution in [2.45, 2.75) is 13.5 Å². The number of aromatic nitrogens is 3. The number of aryl methyl sites for hydroxylation is 1. The lowest BCUT2D eigenvalue weighted by molar-refractivity contribution is -0.386. The van der Waals surface area contributed by atoms with Crippen molar-refractivity contribution in [1.82, 2.24) is 15.4 Å². The number of methoxy groups -OCH3 is 1. The van der Waals surface area contributed by atoms with E-state index in [-0.39, 0.29) is 29.4 Å². The number of aromatic amines is 1. The summed E-state index contributed by atoms with van der Waals surface area (Å²) in [4.78, 5) is 22.2. The number of amides is 1. The number of rotatable bonds is 7. The second-order valence-electron chi connectivity index (χ2n) is 5.93. The fourth-order valence-electron chi connectivity index (χ4n) is 2.69. The highest BCUT2D eigenvalue weighted by Gasteiger charge is 2.19. The average molecular weight is 383 g/mol. The Kier molecular flexibility index (Phi) is 5.21. The molecule has 0 aliphatic carbocycles. The van der Waals surface area contributed by atoms with Crippen LogP contribution in [0.4, 0.5) is 5.69 Å². The number of H-pyrrole nitrogens is 1. The van der Waals surface area contributed by atoms with Crippen molar-refractivity contribution in [2.24, 2.45) is 5.73 Å². The highest BCUT2D eigenvalue weighted by atomic mass is 16.6. The third kappa shape index (κ3) is 3.75. The number of primary amides is 1. The number of nitrogens with one attached hydrogen (secondary N) is 1. The predicted octanol–water partition coefficient (Wildman–Crippen LogP) is 2.37. The summed E-state index contributed by atoms with van der Waals surface area (Å²) >= 11 is 0. The van der Waals surface area contributed by atoms with Crippen LogP contribution in [0.2, 0.25) is 0 Å². The number of nitro benzene ring substituents is 1. The van der Waals surface area contributed by atoms with Crippen molar-refractivity contribution in [3.63, 3.8) is 0 Å². The third-order valence-electron chi connectivity index (χ3n) is 4.03. The number of ether oxygens (including phenoxy) is 2. The van der Waals surface area contributed by atoms with Crippen molar-refractivity contribution in [2.75, 3.05) is 7.11 Å². The van der Waals surface area contributed by atoms with Crippen LogP contribution in [-0.2, 0) is 6.61 Å². The van der Waals surface area contributed by atoms with Crippen LogP contribution < -0.4 is 15.2 Å². The van der Waals surface area contributed by atoms with Gasteiger partial charge in [-0.05, 0) is 36.8 Å². The number of nitro groups is 1. The topological polar surface area (TPSA) is 146 Å². The standard InChI is InChI=1S/C18H17N5O5/c1-10-3-5-13(23(25)26)15(7-10)28-9-12-8-11(4-6-14(12)27-2)16-17(18(19)24)21-22-20-16/h3-8H,9H2,1-2H3,(H2,19,24)(H,20,21,22). The monoisotopic (exact) mass is 383 g/mol. The third-order valence-corrected chi connectivity index (χ3v) is 4.03. The summed E-state index contributed by atoms with van der Waals surface area (Å²) in [7, 11) is 1.50. The van der Waals surface area contributed by atoms with E-state index in [2.05, 4.69) is 15.4 Å².